The van der Waals surface area contributed by atoms with E-state index in [9.17, 15) is 14.7 Å². The average Bonchev–Trinajstić information content (AvgIpc) is 3.27. The third-order valence-electron chi connectivity index (χ3n) is 5.33. The molecule has 0 bridgehead atoms. The number of aliphatic hydroxyl groups excluding tert-OH is 1. The van der Waals surface area contributed by atoms with E-state index in [4.69, 9.17) is 27.9 Å². The summed E-state index contributed by atoms with van der Waals surface area (Å²) in [5, 5.41) is 14.0. The second-order valence-electron chi connectivity index (χ2n) is 7.44. The number of rotatable bonds is 4. The Labute approximate surface area is 199 Å². The number of ether oxygens (including phenoxy) is 1. The van der Waals surface area contributed by atoms with Gasteiger partial charge in [0.1, 0.15) is 17.6 Å². The van der Waals surface area contributed by atoms with Gasteiger partial charge in [0.15, 0.2) is 0 Å². The fraction of sp³-hybridized carbons (Fsp3) is 0.167. The van der Waals surface area contributed by atoms with E-state index in [2.05, 4.69) is 0 Å². The lowest BCUT2D eigenvalue weighted by atomic mass is 9.97. The van der Waals surface area contributed by atoms with E-state index in [-0.39, 0.29) is 22.6 Å². The number of thiophene rings is 1. The van der Waals surface area contributed by atoms with E-state index in [1.807, 2.05) is 25.3 Å². The van der Waals surface area contributed by atoms with Crippen LogP contribution in [-0.2, 0) is 9.59 Å². The fourth-order valence-electron chi connectivity index (χ4n) is 3.89. The molecule has 1 aromatic heterocycles. The molecule has 5 nitrogen and oxygen atoms in total. The van der Waals surface area contributed by atoms with E-state index in [1.54, 1.807) is 36.4 Å². The number of Topliss-reactive ketones (excluding diaryl/α,β-unsaturated/α-hetero) is 1. The van der Waals surface area contributed by atoms with Crippen molar-refractivity contribution >= 4 is 57.7 Å². The van der Waals surface area contributed by atoms with Gasteiger partial charge in [0.25, 0.3) is 11.7 Å². The molecule has 2 aromatic carbocycles. The molecule has 4 rings (SSSR count). The van der Waals surface area contributed by atoms with Gasteiger partial charge in [0, 0.05) is 15.6 Å². The van der Waals surface area contributed by atoms with Gasteiger partial charge in [0.2, 0.25) is 0 Å². The fourth-order valence-corrected chi connectivity index (χ4v) is 5.46. The number of aliphatic hydroxyl groups is 1. The van der Waals surface area contributed by atoms with E-state index >= 15 is 0 Å². The van der Waals surface area contributed by atoms with Gasteiger partial charge in [0.05, 0.1) is 23.3 Å². The van der Waals surface area contributed by atoms with Crippen LogP contribution < -0.4 is 9.64 Å². The number of hydrogen-bond donors (Lipinski definition) is 1. The quantitative estimate of drug-likeness (QED) is 0.266. The molecular weight excluding hydrogens is 469 g/mol. The van der Waals surface area contributed by atoms with Crippen LogP contribution in [0.5, 0.6) is 5.75 Å². The van der Waals surface area contributed by atoms with Crippen LogP contribution >= 0.6 is 34.5 Å². The van der Waals surface area contributed by atoms with Crippen molar-refractivity contribution in [2.75, 3.05) is 12.0 Å². The van der Waals surface area contributed by atoms with Gasteiger partial charge in [-0.1, -0.05) is 29.3 Å². The van der Waals surface area contributed by atoms with Crippen LogP contribution in [0.2, 0.25) is 10.0 Å². The van der Waals surface area contributed by atoms with Crippen LogP contribution in [0.15, 0.2) is 53.4 Å². The van der Waals surface area contributed by atoms with E-state index in [1.165, 1.54) is 23.3 Å². The predicted octanol–water partition coefficient (Wildman–Crippen LogP) is 6.31. The van der Waals surface area contributed by atoms with E-state index < -0.39 is 17.7 Å². The van der Waals surface area contributed by atoms with Gasteiger partial charge in [-0.15, -0.1) is 11.3 Å². The molecule has 0 spiro atoms. The van der Waals surface area contributed by atoms with Crippen molar-refractivity contribution < 1.29 is 19.4 Å². The summed E-state index contributed by atoms with van der Waals surface area (Å²) in [6, 6.07) is 11.2. The van der Waals surface area contributed by atoms with Crippen molar-refractivity contribution in [3.63, 3.8) is 0 Å². The molecule has 3 aromatic rings. The first-order chi connectivity index (χ1) is 15.2. The van der Waals surface area contributed by atoms with Crippen molar-refractivity contribution in [2.24, 2.45) is 0 Å². The van der Waals surface area contributed by atoms with Gasteiger partial charge in [-0.25, -0.2) is 0 Å². The summed E-state index contributed by atoms with van der Waals surface area (Å²) in [6.07, 6.45) is 0. The topological polar surface area (TPSA) is 66.8 Å². The summed E-state index contributed by atoms with van der Waals surface area (Å²) in [4.78, 5) is 28.6. The van der Waals surface area contributed by atoms with E-state index in [0.717, 1.165) is 16.0 Å². The largest absolute Gasteiger partial charge is 0.507 e. The summed E-state index contributed by atoms with van der Waals surface area (Å²) in [7, 11) is 1.43. The van der Waals surface area contributed by atoms with Crippen LogP contribution in [0.25, 0.3) is 5.76 Å². The van der Waals surface area contributed by atoms with Gasteiger partial charge >= 0.3 is 0 Å². The number of amides is 1. The zero-order valence-electron chi connectivity index (χ0n) is 17.5. The molecule has 0 radical (unpaired) electrons. The van der Waals surface area contributed by atoms with Crippen molar-refractivity contribution in [1.82, 2.24) is 0 Å². The number of methoxy groups -OCH3 is 1. The summed E-state index contributed by atoms with van der Waals surface area (Å²) in [5.74, 6) is -1.65. The number of benzene rings is 2. The summed E-state index contributed by atoms with van der Waals surface area (Å²) >= 11 is 13.9. The number of hydrogen-bond acceptors (Lipinski definition) is 5. The smallest absolute Gasteiger partial charge is 0.300 e. The lowest BCUT2D eigenvalue weighted by molar-refractivity contribution is -0.132. The second-order valence-corrected chi connectivity index (χ2v) is 9.24. The molecule has 164 valence electrons. The maximum absolute atomic E-state index is 13.3. The molecule has 1 unspecified atom stereocenters. The Morgan fingerprint density at radius 1 is 1.12 bits per heavy atom. The van der Waals surface area contributed by atoms with Crippen LogP contribution in [-0.4, -0.2) is 23.9 Å². The van der Waals surface area contributed by atoms with E-state index in [0.29, 0.717) is 15.7 Å². The molecule has 1 aliphatic rings. The summed E-state index contributed by atoms with van der Waals surface area (Å²) in [5.41, 5.74) is 2.35. The molecule has 1 atom stereocenters. The predicted molar refractivity (Wildman–Crippen MR) is 128 cm³/mol. The molecule has 2 heterocycles. The number of carbonyl (C=O) groups excluding carboxylic acids is 2. The zero-order valence-corrected chi connectivity index (χ0v) is 19.8. The van der Waals surface area contributed by atoms with Crippen LogP contribution in [0.3, 0.4) is 0 Å². The molecule has 1 saturated heterocycles. The first-order valence-electron chi connectivity index (χ1n) is 9.69. The third-order valence-corrected chi connectivity index (χ3v) is 6.92. The molecular formula is C24H19Cl2NO4S. The van der Waals surface area contributed by atoms with Crippen LogP contribution in [0, 0.1) is 13.8 Å². The summed E-state index contributed by atoms with van der Waals surface area (Å²) < 4.78 is 5.40. The molecule has 8 heteroatoms. The molecule has 1 amide bonds. The standard InChI is InChI=1S/C24H19Cl2NO4S/c1-12-9-16(22(31-3)17(26)10-12)20(28)18-19(23-13(2)7-8-32-23)27(24(30)21(18)29)15-6-4-5-14(25)11-15/h4-11,19,28H,1-3H3/b20-18+. The van der Waals surface area contributed by atoms with Gasteiger partial charge in [-0.05, 0) is 66.8 Å². The van der Waals surface area contributed by atoms with Crippen LogP contribution in [0.1, 0.15) is 27.6 Å². The normalized spacial score (nSPS) is 17.8. The second kappa shape index (κ2) is 8.62. The number of nitrogens with zero attached hydrogens (tertiary/aromatic N) is 1. The van der Waals surface area contributed by atoms with Crippen molar-refractivity contribution in [3.05, 3.63) is 85.0 Å². The molecule has 1 aliphatic heterocycles. The third kappa shape index (κ3) is 3.68. The number of anilines is 1. The van der Waals surface area contributed by atoms with Gasteiger partial charge in [-0.3, -0.25) is 14.5 Å². The lowest BCUT2D eigenvalue weighted by Crippen LogP contribution is -2.29. The minimum Gasteiger partial charge on any atom is -0.507 e. The Morgan fingerprint density at radius 2 is 1.88 bits per heavy atom. The van der Waals surface area contributed by atoms with Gasteiger partial charge in [-0.2, -0.15) is 0 Å². The number of aryl methyl sites for hydroxylation is 2. The average molecular weight is 488 g/mol. The van der Waals surface area contributed by atoms with Crippen molar-refractivity contribution in [2.45, 2.75) is 19.9 Å². The molecule has 32 heavy (non-hydrogen) atoms. The Bertz CT molecular complexity index is 1280. The maximum atomic E-state index is 13.3. The Morgan fingerprint density at radius 3 is 2.50 bits per heavy atom. The Hall–Kier alpha value is -2.80. The monoisotopic (exact) mass is 487 g/mol. The highest BCUT2D eigenvalue weighted by Crippen LogP contribution is 2.46. The van der Waals surface area contributed by atoms with Crippen molar-refractivity contribution in [1.29, 1.82) is 0 Å². The molecule has 0 aliphatic carbocycles. The SMILES string of the molecule is COc1c(Cl)cc(C)cc1/C(O)=C1\C(=O)C(=O)N(c2cccc(Cl)c2)C1c1sccc1C. The minimum atomic E-state index is -0.822. The molecule has 0 saturated carbocycles. The van der Waals surface area contributed by atoms with Crippen LogP contribution in [0.4, 0.5) is 5.69 Å². The van der Waals surface area contributed by atoms with Gasteiger partial charge < -0.3 is 9.84 Å². The highest BCUT2D eigenvalue weighted by atomic mass is 35.5. The minimum absolute atomic E-state index is 0.0273. The van der Waals surface area contributed by atoms with Crippen molar-refractivity contribution in [3.8, 4) is 5.75 Å². The summed E-state index contributed by atoms with van der Waals surface area (Å²) in [6.45, 7) is 3.71. The first kappa shape index (κ1) is 22.4. The zero-order chi connectivity index (χ0) is 23.2. The Kier molecular flexibility index (Phi) is 6.03. The lowest BCUT2D eigenvalue weighted by Gasteiger charge is -2.25. The number of halogens is 2. The number of carbonyl (C=O) groups is 2. The number of ketones is 1. The molecule has 1 N–H and O–H groups in total. The Balaban J connectivity index is 2.02. The first-order valence-corrected chi connectivity index (χ1v) is 11.3. The highest BCUT2D eigenvalue weighted by Gasteiger charge is 2.48. The maximum Gasteiger partial charge on any atom is 0.300 e. The highest BCUT2D eigenvalue weighted by molar-refractivity contribution is 7.10. The molecule has 1 fully saturated rings.